The van der Waals surface area contributed by atoms with Gasteiger partial charge >= 0.3 is 0 Å². The molecule has 0 amide bonds. The second-order valence-corrected chi connectivity index (χ2v) is 7.34. The van der Waals surface area contributed by atoms with Gasteiger partial charge in [-0.2, -0.15) is 11.8 Å². The van der Waals surface area contributed by atoms with Crippen LogP contribution in [0.1, 0.15) is 12.0 Å². The van der Waals surface area contributed by atoms with Crippen molar-refractivity contribution in [3.8, 4) is 0 Å². The Balaban J connectivity index is 1.85. The average Bonchev–Trinajstić information content (AvgIpc) is 2.57. The van der Waals surface area contributed by atoms with Gasteiger partial charge in [0.25, 0.3) is 0 Å². The molecule has 0 aromatic heterocycles. The zero-order valence-corrected chi connectivity index (χ0v) is 10.1. The third-order valence-corrected chi connectivity index (χ3v) is 5.87. The van der Waals surface area contributed by atoms with E-state index in [1.807, 2.05) is 18.2 Å². The molecule has 2 rings (SSSR count). The van der Waals surface area contributed by atoms with Gasteiger partial charge in [0, 0.05) is 11.0 Å². The molecule has 0 saturated carbocycles. The lowest BCUT2D eigenvalue weighted by Crippen LogP contribution is -2.06. The standard InChI is InChI=1S/C11H14O2S2/c12-15(13)7-6-11(9-15)14-8-10-4-2-1-3-5-10/h1-5,11H,6-9H2/t11-/m1/s1. The first-order valence-corrected chi connectivity index (χ1v) is 7.89. The van der Waals surface area contributed by atoms with Crippen molar-refractivity contribution in [2.75, 3.05) is 11.5 Å². The van der Waals surface area contributed by atoms with Crippen molar-refractivity contribution in [1.29, 1.82) is 0 Å². The van der Waals surface area contributed by atoms with Gasteiger partial charge in [-0.15, -0.1) is 0 Å². The first-order chi connectivity index (χ1) is 7.16. The Labute approximate surface area is 95.0 Å². The topological polar surface area (TPSA) is 34.1 Å². The Kier molecular flexibility index (Phi) is 3.36. The molecule has 1 atom stereocenters. The number of benzene rings is 1. The first-order valence-electron chi connectivity index (χ1n) is 5.02. The molecule has 0 bridgehead atoms. The maximum Gasteiger partial charge on any atom is 0.151 e. The van der Waals surface area contributed by atoms with Crippen LogP contribution in [-0.2, 0) is 15.6 Å². The molecular weight excluding hydrogens is 228 g/mol. The van der Waals surface area contributed by atoms with Crippen molar-refractivity contribution >= 4 is 21.6 Å². The molecule has 2 nitrogen and oxygen atoms in total. The summed E-state index contributed by atoms with van der Waals surface area (Å²) in [6, 6.07) is 10.2. The summed E-state index contributed by atoms with van der Waals surface area (Å²) in [6.07, 6.45) is 0.819. The summed E-state index contributed by atoms with van der Waals surface area (Å²) in [6.45, 7) is 0. The fraction of sp³-hybridized carbons (Fsp3) is 0.455. The zero-order chi connectivity index (χ0) is 10.7. The lowest BCUT2D eigenvalue weighted by Gasteiger charge is -2.06. The molecule has 0 unspecified atom stereocenters. The molecule has 82 valence electrons. The van der Waals surface area contributed by atoms with Gasteiger partial charge in [0.2, 0.25) is 0 Å². The van der Waals surface area contributed by atoms with Crippen LogP contribution < -0.4 is 0 Å². The van der Waals surface area contributed by atoms with E-state index in [1.165, 1.54) is 5.56 Å². The van der Waals surface area contributed by atoms with E-state index in [4.69, 9.17) is 0 Å². The third kappa shape index (κ3) is 3.24. The van der Waals surface area contributed by atoms with E-state index in [0.29, 0.717) is 16.8 Å². The lowest BCUT2D eigenvalue weighted by atomic mass is 10.2. The van der Waals surface area contributed by atoms with Crippen LogP contribution in [0.15, 0.2) is 30.3 Å². The molecule has 1 aliphatic rings. The molecule has 1 saturated heterocycles. The van der Waals surface area contributed by atoms with E-state index in [2.05, 4.69) is 12.1 Å². The van der Waals surface area contributed by atoms with E-state index in [0.717, 1.165) is 12.2 Å². The maximum absolute atomic E-state index is 11.2. The van der Waals surface area contributed by atoms with Crippen LogP contribution >= 0.6 is 11.8 Å². The summed E-state index contributed by atoms with van der Waals surface area (Å²) in [5.74, 6) is 1.66. The predicted molar refractivity (Wildman–Crippen MR) is 64.8 cm³/mol. The van der Waals surface area contributed by atoms with Crippen LogP contribution in [0.2, 0.25) is 0 Å². The molecule has 1 fully saturated rings. The molecule has 0 aliphatic carbocycles. The van der Waals surface area contributed by atoms with Crippen molar-refractivity contribution in [2.45, 2.75) is 17.4 Å². The summed E-state index contributed by atoms with van der Waals surface area (Å²) in [5.41, 5.74) is 1.27. The summed E-state index contributed by atoms with van der Waals surface area (Å²) in [5, 5.41) is 0.301. The van der Waals surface area contributed by atoms with E-state index in [9.17, 15) is 8.42 Å². The lowest BCUT2D eigenvalue weighted by molar-refractivity contribution is 0.602. The van der Waals surface area contributed by atoms with Gasteiger partial charge in [0.1, 0.15) is 0 Å². The Morgan fingerprint density at radius 3 is 2.60 bits per heavy atom. The highest BCUT2D eigenvalue weighted by Crippen LogP contribution is 2.26. The van der Waals surface area contributed by atoms with E-state index in [-0.39, 0.29) is 0 Å². The minimum atomic E-state index is -2.72. The minimum absolute atomic E-state index is 0.301. The first kappa shape index (κ1) is 11.0. The Morgan fingerprint density at radius 1 is 1.27 bits per heavy atom. The van der Waals surface area contributed by atoms with Crippen molar-refractivity contribution in [2.24, 2.45) is 0 Å². The zero-order valence-electron chi connectivity index (χ0n) is 8.43. The second kappa shape index (κ2) is 4.58. The quantitative estimate of drug-likeness (QED) is 0.814. The van der Waals surface area contributed by atoms with Crippen LogP contribution in [0, 0.1) is 0 Å². The maximum atomic E-state index is 11.2. The average molecular weight is 242 g/mol. The summed E-state index contributed by atoms with van der Waals surface area (Å²) in [4.78, 5) is 0. The molecule has 0 N–H and O–H groups in total. The normalized spacial score (nSPS) is 24.1. The monoisotopic (exact) mass is 242 g/mol. The predicted octanol–water partition coefficient (Wildman–Crippen LogP) is 2.11. The van der Waals surface area contributed by atoms with Gasteiger partial charge in [-0.05, 0) is 12.0 Å². The molecule has 0 radical (unpaired) electrons. The number of hydrogen-bond donors (Lipinski definition) is 0. The van der Waals surface area contributed by atoms with Crippen molar-refractivity contribution < 1.29 is 8.42 Å². The molecule has 0 spiro atoms. The number of hydrogen-bond acceptors (Lipinski definition) is 3. The smallest absolute Gasteiger partial charge is 0.151 e. The molecule has 1 aromatic rings. The van der Waals surface area contributed by atoms with E-state index >= 15 is 0 Å². The Bertz CT molecular complexity index is 411. The van der Waals surface area contributed by atoms with Crippen molar-refractivity contribution in [3.63, 3.8) is 0 Å². The van der Waals surface area contributed by atoms with Crippen LogP contribution in [0.4, 0.5) is 0 Å². The van der Waals surface area contributed by atoms with Crippen LogP contribution in [0.3, 0.4) is 0 Å². The highest BCUT2D eigenvalue weighted by Gasteiger charge is 2.27. The van der Waals surface area contributed by atoms with Crippen LogP contribution in [0.5, 0.6) is 0 Å². The van der Waals surface area contributed by atoms with E-state index < -0.39 is 9.84 Å². The second-order valence-electron chi connectivity index (χ2n) is 3.82. The van der Waals surface area contributed by atoms with Crippen molar-refractivity contribution in [1.82, 2.24) is 0 Å². The fourth-order valence-electron chi connectivity index (χ4n) is 1.68. The summed E-state index contributed by atoms with van der Waals surface area (Å²) in [7, 11) is -2.72. The number of sulfone groups is 1. The van der Waals surface area contributed by atoms with Gasteiger partial charge in [-0.3, -0.25) is 0 Å². The van der Waals surface area contributed by atoms with E-state index in [1.54, 1.807) is 11.8 Å². The fourth-order valence-corrected chi connectivity index (χ4v) is 5.29. The van der Waals surface area contributed by atoms with Gasteiger partial charge in [0.05, 0.1) is 11.5 Å². The van der Waals surface area contributed by atoms with Crippen LogP contribution in [0.25, 0.3) is 0 Å². The van der Waals surface area contributed by atoms with Gasteiger partial charge in [0.15, 0.2) is 9.84 Å². The van der Waals surface area contributed by atoms with Gasteiger partial charge in [-0.1, -0.05) is 30.3 Å². The largest absolute Gasteiger partial charge is 0.229 e. The molecular formula is C11H14O2S2. The van der Waals surface area contributed by atoms with Gasteiger partial charge in [-0.25, -0.2) is 8.42 Å². The number of thioether (sulfide) groups is 1. The molecule has 15 heavy (non-hydrogen) atoms. The van der Waals surface area contributed by atoms with Crippen LogP contribution in [-0.4, -0.2) is 25.2 Å². The number of rotatable bonds is 3. The Morgan fingerprint density at radius 2 is 2.00 bits per heavy atom. The Hall–Kier alpha value is -0.480. The molecule has 1 heterocycles. The molecule has 4 heteroatoms. The highest BCUT2D eigenvalue weighted by molar-refractivity contribution is 8.01. The molecule has 1 aromatic carbocycles. The highest BCUT2D eigenvalue weighted by atomic mass is 32.2. The SMILES string of the molecule is O=S1(=O)CC[C@@H](SCc2ccccc2)C1. The third-order valence-electron chi connectivity index (χ3n) is 2.52. The van der Waals surface area contributed by atoms with Gasteiger partial charge < -0.3 is 0 Å². The molecule has 1 aliphatic heterocycles. The van der Waals surface area contributed by atoms with Crippen molar-refractivity contribution in [3.05, 3.63) is 35.9 Å². The minimum Gasteiger partial charge on any atom is -0.229 e. The summed E-state index contributed by atoms with van der Waals surface area (Å²) < 4.78 is 22.5. The summed E-state index contributed by atoms with van der Waals surface area (Å²) >= 11 is 1.76.